The first kappa shape index (κ1) is 13.6. The van der Waals surface area contributed by atoms with Crippen LogP contribution in [-0.4, -0.2) is 4.92 Å². The van der Waals surface area contributed by atoms with E-state index in [1.165, 1.54) is 23.8 Å². The molecule has 20 heavy (non-hydrogen) atoms. The van der Waals surface area contributed by atoms with Gasteiger partial charge in [-0.2, -0.15) is 0 Å². The van der Waals surface area contributed by atoms with Gasteiger partial charge in [0.15, 0.2) is 0 Å². The lowest BCUT2D eigenvalue weighted by atomic mass is 10.1. The minimum absolute atomic E-state index is 0.0986. The van der Waals surface area contributed by atoms with Gasteiger partial charge < -0.3 is 5.32 Å². The van der Waals surface area contributed by atoms with Gasteiger partial charge in [0.1, 0.15) is 0 Å². The van der Waals surface area contributed by atoms with Crippen molar-refractivity contribution >= 4 is 38.6 Å². The van der Waals surface area contributed by atoms with Crippen molar-refractivity contribution < 1.29 is 4.92 Å². The van der Waals surface area contributed by atoms with Gasteiger partial charge in [0.05, 0.1) is 11.0 Å². The van der Waals surface area contributed by atoms with Crippen molar-refractivity contribution in [2.45, 2.75) is 18.9 Å². The lowest BCUT2D eigenvalue weighted by Gasteiger charge is -2.19. The summed E-state index contributed by atoms with van der Waals surface area (Å²) in [5.41, 5.74) is 1.00. The maximum Gasteiger partial charge on any atom is 0.270 e. The zero-order valence-electron chi connectivity index (χ0n) is 10.6. The number of thiophene rings is 1. The predicted octanol–water partition coefficient (Wildman–Crippen LogP) is 4.98. The van der Waals surface area contributed by atoms with Crippen molar-refractivity contribution in [3.8, 4) is 0 Å². The van der Waals surface area contributed by atoms with Crippen molar-refractivity contribution in [1.29, 1.82) is 0 Å². The zero-order valence-corrected chi connectivity index (χ0v) is 13.0. The second-order valence-electron chi connectivity index (χ2n) is 4.90. The monoisotopic (exact) mass is 352 g/mol. The third-order valence-corrected chi connectivity index (χ3v) is 5.03. The Kier molecular flexibility index (Phi) is 3.76. The number of hydrogen-bond donors (Lipinski definition) is 1. The quantitative estimate of drug-likeness (QED) is 0.609. The molecule has 0 spiro atoms. The molecule has 1 aliphatic rings. The number of nitrogens with one attached hydrogen (secondary N) is 1. The number of nitro groups is 1. The Morgan fingerprint density at radius 1 is 1.40 bits per heavy atom. The van der Waals surface area contributed by atoms with Gasteiger partial charge in [0, 0.05) is 27.2 Å². The van der Waals surface area contributed by atoms with Crippen LogP contribution in [0.1, 0.15) is 23.8 Å². The number of non-ortho nitro benzene ring substituents is 1. The van der Waals surface area contributed by atoms with Crippen LogP contribution < -0.4 is 5.32 Å². The third kappa shape index (κ3) is 2.86. The Labute approximate surface area is 129 Å². The molecule has 0 amide bonds. The SMILES string of the molecule is O=[N+]([O-])c1ccc(NC(c2cccs2)C2CC2)c(Br)c1. The molecule has 3 rings (SSSR count). The summed E-state index contributed by atoms with van der Waals surface area (Å²) in [6, 6.07) is 9.34. The summed E-state index contributed by atoms with van der Waals surface area (Å²) in [4.78, 5) is 11.7. The smallest absolute Gasteiger partial charge is 0.270 e. The fourth-order valence-electron chi connectivity index (χ4n) is 2.22. The molecule has 0 radical (unpaired) electrons. The van der Waals surface area contributed by atoms with Gasteiger partial charge in [0.25, 0.3) is 5.69 Å². The van der Waals surface area contributed by atoms with Gasteiger partial charge in [-0.25, -0.2) is 0 Å². The molecule has 1 heterocycles. The minimum Gasteiger partial charge on any atom is -0.376 e. The first-order valence-corrected chi connectivity index (χ1v) is 8.06. The summed E-state index contributed by atoms with van der Waals surface area (Å²) in [6.45, 7) is 0. The molecule has 1 fully saturated rings. The van der Waals surface area contributed by atoms with Crippen molar-refractivity contribution in [3.05, 3.63) is 55.2 Å². The van der Waals surface area contributed by atoms with E-state index in [1.54, 1.807) is 23.5 Å². The van der Waals surface area contributed by atoms with Gasteiger partial charge in [-0.1, -0.05) is 6.07 Å². The van der Waals surface area contributed by atoms with Crippen LogP contribution in [0, 0.1) is 16.0 Å². The molecule has 1 unspecified atom stereocenters. The fraction of sp³-hybridized carbons (Fsp3) is 0.286. The lowest BCUT2D eigenvalue weighted by Crippen LogP contribution is -2.11. The fourth-order valence-corrected chi connectivity index (χ4v) is 3.57. The van der Waals surface area contributed by atoms with Crippen LogP contribution in [0.3, 0.4) is 0 Å². The highest BCUT2D eigenvalue weighted by atomic mass is 79.9. The summed E-state index contributed by atoms with van der Waals surface area (Å²) in [7, 11) is 0. The first-order chi connectivity index (χ1) is 9.65. The van der Waals surface area contributed by atoms with Crippen molar-refractivity contribution in [2.24, 2.45) is 5.92 Å². The van der Waals surface area contributed by atoms with Crippen LogP contribution in [0.25, 0.3) is 0 Å². The molecule has 0 bridgehead atoms. The molecule has 1 atom stereocenters. The van der Waals surface area contributed by atoms with Gasteiger partial charge in [-0.05, 0) is 52.2 Å². The van der Waals surface area contributed by atoms with Crippen molar-refractivity contribution in [3.63, 3.8) is 0 Å². The molecule has 0 saturated heterocycles. The van der Waals surface area contributed by atoms with Gasteiger partial charge in [-0.3, -0.25) is 10.1 Å². The summed E-state index contributed by atoms with van der Waals surface area (Å²) in [5, 5.41) is 16.4. The molecular weight excluding hydrogens is 340 g/mol. The average molecular weight is 353 g/mol. The molecule has 1 aliphatic carbocycles. The number of nitrogens with zero attached hydrogens (tertiary/aromatic N) is 1. The van der Waals surface area contributed by atoms with Crippen LogP contribution in [0.2, 0.25) is 0 Å². The molecule has 1 aromatic carbocycles. The lowest BCUT2D eigenvalue weighted by molar-refractivity contribution is -0.384. The van der Waals surface area contributed by atoms with E-state index < -0.39 is 0 Å². The molecule has 1 aromatic heterocycles. The number of hydrogen-bond acceptors (Lipinski definition) is 4. The van der Waals surface area contributed by atoms with Crippen LogP contribution in [0.15, 0.2) is 40.2 Å². The molecule has 0 aliphatic heterocycles. The Morgan fingerprint density at radius 2 is 2.20 bits per heavy atom. The standard InChI is InChI=1S/C14H13BrN2O2S/c15-11-8-10(17(18)19)5-6-12(11)16-14(9-3-4-9)13-2-1-7-20-13/h1-2,5-9,14,16H,3-4H2. The molecule has 1 saturated carbocycles. The largest absolute Gasteiger partial charge is 0.376 e. The summed E-state index contributed by atoms with van der Waals surface area (Å²) < 4.78 is 0.730. The van der Waals surface area contributed by atoms with E-state index >= 15 is 0 Å². The van der Waals surface area contributed by atoms with E-state index in [0.29, 0.717) is 12.0 Å². The van der Waals surface area contributed by atoms with Crippen LogP contribution in [-0.2, 0) is 0 Å². The maximum atomic E-state index is 10.8. The summed E-state index contributed by atoms with van der Waals surface area (Å²) in [6.07, 6.45) is 2.47. The zero-order chi connectivity index (χ0) is 14.1. The van der Waals surface area contributed by atoms with Crippen LogP contribution >= 0.6 is 27.3 Å². The second-order valence-corrected chi connectivity index (χ2v) is 6.73. The Balaban J connectivity index is 1.84. The highest BCUT2D eigenvalue weighted by Gasteiger charge is 2.33. The number of benzene rings is 1. The summed E-state index contributed by atoms with van der Waals surface area (Å²) >= 11 is 5.16. The average Bonchev–Trinajstić information content (AvgIpc) is 3.11. The Hall–Kier alpha value is -1.40. The van der Waals surface area contributed by atoms with E-state index in [1.807, 2.05) is 0 Å². The minimum atomic E-state index is -0.383. The van der Waals surface area contributed by atoms with Crippen molar-refractivity contribution in [2.75, 3.05) is 5.32 Å². The Bertz CT molecular complexity index is 626. The maximum absolute atomic E-state index is 10.8. The van der Waals surface area contributed by atoms with Gasteiger partial charge in [0.2, 0.25) is 0 Å². The van der Waals surface area contributed by atoms with Gasteiger partial charge >= 0.3 is 0 Å². The van der Waals surface area contributed by atoms with E-state index in [-0.39, 0.29) is 10.6 Å². The van der Waals surface area contributed by atoms with E-state index in [0.717, 1.165) is 10.2 Å². The highest BCUT2D eigenvalue weighted by Crippen LogP contribution is 2.45. The normalized spacial score (nSPS) is 15.8. The molecule has 104 valence electrons. The number of rotatable bonds is 5. The predicted molar refractivity (Wildman–Crippen MR) is 84.2 cm³/mol. The van der Waals surface area contributed by atoms with E-state index in [2.05, 4.69) is 38.8 Å². The third-order valence-electron chi connectivity index (χ3n) is 3.42. The van der Waals surface area contributed by atoms with Crippen molar-refractivity contribution in [1.82, 2.24) is 0 Å². The van der Waals surface area contributed by atoms with E-state index in [9.17, 15) is 10.1 Å². The molecule has 1 N–H and O–H groups in total. The number of halogens is 1. The molecule has 4 nitrogen and oxygen atoms in total. The Morgan fingerprint density at radius 3 is 2.75 bits per heavy atom. The van der Waals surface area contributed by atoms with Crippen LogP contribution in [0.5, 0.6) is 0 Å². The first-order valence-electron chi connectivity index (χ1n) is 6.39. The second kappa shape index (κ2) is 5.54. The summed E-state index contributed by atoms with van der Waals surface area (Å²) in [5.74, 6) is 0.663. The molecular formula is C14H13BrN2O2S. The van der Waals surface area contributed by atoms with Crippen LogP contribution in [0.4, 0.5) is 11.4 Å². The highest BCUT2D eigenvalue weighted by molar-refractivity contribution is 9.10. The molecule has 2 aromatic rings. The number of nitro benzene ring substituents is 1. The van der Waals surface area contributed by atoms with Gasteiger partial charge in [-0.15, -0.1) is 11.3 Å². The van der Waals surface area contributed by atoms with E-state index in [4.69, 9.17) is 0 Å². The molecule has 6 heteroatoms. The topological polar surface area (TPSA) is 55.2 Å². The number of anilines is 1.